The van der Waals surface area contributed by atoms with E-state index in [0.29, 0.717) is 18.2 Å². The molecular formula is C16H23N3O. The Labute approximate surface area is 120 Å². The van der Waals surface area contributed by atoms with Gasteiger partial charge in [-0.25, -0.2) is 0 Å². The van der Waals surface area contributed by atoms with E-state index in [9.17, 15) is 0 Å². The summed E-state index contributed by atoms with van der Waals surface area (Å²) in [4.78, 5) is 0. The summed E-state index contributed by atoms with van der Waals surface area (Å²) >= 11 is 0. The largest absolute Gasteiger partial charge is 0.423 e. The van der Waals surface area contributed by atoms with Crippen molar-refractivity contribution in [3.05, 3.63) is 46.7 Å². The summed E-state index contributed by atoms with van der Waals surface area (Å²) in [7, 11) is 0. The maximum atomic E-state index is 5.76. The van der Waals surface area contributed by atoms with Crippen molar-refractivity contribution in [3.63, 3.8) is 0 Å². The first-order valence-corrected chi connectivity index (χ1v) is 7.22. The highest BCUT2D eigenvalue weighted by Crippen LogP contribution is 2.17. The van der Waals surface area contributed by atoms with Crippen LogP contribution in [-0.4, -0.2) is 16.7 Å². The SMILES string of the molecule is CCCNC(C)c1nnc(Cc2cc(C)ccc2C)o1. The van der Waals surface area contributed by atoms with Crippen molar-refractivity contribution in [2.24, 2.45) is 0 Å². The number of nitrogens with zero attached hydrogens (tertiary/aromatic N) is 2. The Balaban J connectivity index is 2.07. The molecule has 1 N–H and O–H groups in total. The average Bonchev–Trinajstić information content (AvgIpc) is 2.89. The summed E-state index contributed by atoms with van der Waals surface area (Å²) in [5, 5.41) is 11.6. The highest BCUT2D eigenvalue weighted by atomic mass is 16.4. The summed E-state index contributed by atoms with van der Waals surface area (Å²) in [6.07, 6.45) is 1.79. The number of aromatic nitrogens is 2. The van der Waals surface area contributed by atoms with E-state index in [-0.39, 0.29) is 6.04 Å². The number of hydrogen-bond acceptors (Lipinski definition) is 4. The van der Waals surface area contributed by atoms with E-state index >= 15 is 0 Å². The molecule has 0 bridgehead atoms. The Hall–Kier alpha value is -1.68. The van der Waals surface area contributed by atoms with Gasteiger partial charge in [-0.1, -0.05) is 30.7 Å². The van der Waals surface area contributed by atoms with E-state index in [1.54, 1.807) is 0 Å². The zero-order valence-electron chi connectivity index (χ0n) is 12.7. The van der Waals surface area contributed by atoms with E-state index in [1.807, 2.05) is 6.92 Å². The van der Waals surface area contributed by atoms with Gasteiger partial charge in [0, 0.05) is 0 Å². The predicted molar refractivity (Wildman–Crippen MR) is 79.7 cm³/mol. The van der Waals surface area contributed by atoms with Crippen molar-refractivity contribution >= 4 is 0 Å². The van der Waals surface area contributed by atoms with Gasteiger partial charge in [0.15, 0.2) is 0 Å². The maximum absolute atomic E-state index is 5.76. The molecule has 0 aliphatic rings. The molecule has 4 nitrogen and oxygen atoms in total. The van der Waals surface area contributed by atoms with Crippen molar-refractivity contribution in [2.75, 3.05) is 6.54 Å². The lowest BCUT2D eigenvalue weighted by Crippen LogP contribution is -2.19. The van der Waals surface area contributed by atoms with Crippen LogP contribution in [0, 0.1) is 13.8 Å². The zero-order chi connectivity index (χ0) is 14.5. The summed E-state index contributed by atoms with van der Waals surface area (Å²) in [5.41, 5.74) is 3.75. The molecule has 1 unspecified atom stereocenters. The van der Waals surface area contributed by atoms with E-state index in [1.165, 1.54) is 16.7 Å². The molecule has 108 valence electrons. The van der Waals surface area contributed by atoms with Crippen LogP contribution >= 0.6 is 0 Å². The van der Waals surface area contributed by atoms with Crippen molar-refractivity contribution in [1.29, 1.82) is 0 Å². The van der Waals surface area contributed by atoms with E-state index in [4.69, 9.17) is 4.42 Å². The van der Waals surface area contributed by atoms with Crippen LogP contribution in [0.3, 0.4) is 0 Å². The van der Waals surface area contributed by atoms with Crippen LogP contribution in [0.15, 0.2) is 22.6 Å². The number of aryl methyl sites for hydroxylation is 2. The van der Waals surface area contributed by atoms with Gasteiger partial charge in [0.25, 0.3) is 0 Å². The van der Waals surface area contributed by atoms with Crippen LogP contribution in [0.25, 0.3) is 0 Å². The molecule has 2 rings (SSSR count). The van der Waals surface area contributed by atoms with Gasteiger partial charge in [0.1, 0.15) is 0 Å². The van der Waals surface area contributed by atoms with Crippen LogP contribution in [0.4, 0.5) is 0 Å². The third-order valence-electron chi connectivity index (χ3n) is 3.40. The third kappa shape index (κ3) is 3.67. The van der Waals surface area contributed by atoms with Crippen LogP contribution in [0.1, 0.15) is 54.8 Å². The van der Waals surface area contributed by atoms with Gasteiger partial charge in [-0.05, 0) is 44.9 Å². The molecule has 0 fully saturated rings. The maximum Gasteiger partial charge on any atom is 0.233 e. The summed E-state index contributed by atoms with van der Waals surface area (Å²) in [5.74, 6) is 1.35. The van der Waals surface area contributed by atoms with Gasteiger partial charge in [-0.3, -0.25) is 0 Å². The average molecular weight is 273 g/mol. The molecule has 0 spiro atoms. The van der Waals surface area contributed by atoms with Crippen LogP contribution in [-0.2, 0) is 6.42 Å². The fourth-order valence-corrected chi connectivity index (χ4v) is 2.11. The van der Waals surface area contributed by atoms with E-state index in [0.717, 1.165) is 13.0 Å². The number of nitrogens with one attached hydrogen (secondary N) is 1. The molecule has 0 aliphatic heterocycles. The topological polar surface area (TPSA) is 51.0 Å². The fraction of sp³-hybridized carbons (Fsp3) is 0.500. The minimum absolute atomic E-state index is 0.106. The molecule has 1 atom stereocenters. The second-order valence-corrected chi connectivity index (χ2v) is 5.32. The monoisotopic (exact) mass is 273 g/mol. The van der Waals surface area contributed by atoms with Crippen LogP contribution in [0.2, 0.25) is 0 Å². The van der Waals surface area contributed by atoms with Crippen LogP contribution in [0.5, 0.6) is 0 Å². The number of rotatable bonds is 6. The molecular weight excluding hydrogens is 250 g/mol. The molecule has 1 aromatic heterocycles. The van der Waals surface area contributed by atoms with Crippen molar-refractivity contribution in [3.8, 4) is 0 Å². The molecule has 2 aromatic rings. The number of hydrogen-bond donors (Lipinski definition) is 1. The van der Waals surface area contributed by atoms with Gasteiger partial charge in [0.2, 0.25) is 11.8 Å². The lowest BCUT2D eigenvalue weighted by molar-refractivity contribution is 0.397. The standard InChI is InChI=1S/C16H23N3O/c1-5-8-17-13(4)16-19-18-15(20-16)10-14-9-11(2)6-7-12(14)3/h6-7,9,13,17H,5,8,10H2,1-4H3. The second kappa shape index (κ2) is 6.66. The molecule has 4 heteroatoms. The third-order valence-corrected chi connectivity index (χ3v) is 3.40. The Morgan fingerprint density at radius 2 is 2.05 bits per heavy atom. The van der Waals surface area contributed by atoms with E-state index < -0.39 is 0 Å². The van der Waals surface area contributed by atoms with Crippen molar-refractivity contribution in [2.45, 2.75) is 46.6 Å². The zero-order valence-corrected chi connectivity index (χ0v) is 12.7. The Kier molecular flexibility index (Phi) is 4.90. The fourth-order valence-electron chi connectivity index (χ4n) is 2.11. The molecule has 1 aromatic carbocycles. The molecule has 0 aliphatic carbocycles. The smallest absolute Gasteiger partial charge is 0.233 e. The first kappa shape index (κ1) is 14.7. The number of benzene rings is 1. The highest BCUT2D eigenvalue weighted by molar-refractivity contribution is 5.32. The lowest BCUT2D eigenvalue weighted by Gasteiger charge is -2.07. The Bertz CT molecular complexity index is 563. The van der Waals surface area contributed by atoms with Gasteiger partial charge in [-0.2, -0.15) is 0 Å². The molecule has 1 heterocycles. The normalized spacial score (nSPS) is 12.6. The first-order valence-electron chi connectivity index (χ1n) is 7.22. The molecule has 0 saturated carbocycles. The Morgan fingerprint density at radius 3 is 2.80 bits per heavy atom. The minimum atomic E-state index is 0.106. The minimum Gasteiger partial charge on any atom is -0.423 e. The summed E-state index contributed by atoms with van der Waals surface area (Å²) < 4.78 is 5.76. The van der Waals surface area contributed by atoms with Crippen molar-refractivity contribution in [1.82, 2.24) is 15.5 Å². The van der Waals surface area contributed by atoms with Crippen molar-refractivity contribution < 1.29 is 4.42 Å². The van der Waals surface area contributed by atoms with Gasteiger partial charge >= 0.3 is 0 Å². The molecule has 0 saturated heterocycles. The highest BCUT2D eigenvalue weighted by Gasteiger charge is 2.13. The molecule has 0 radical (unpaired) electrons. The van der Waals surface area contributed by atoms with Gasteiger partial charge in [-0.15, -0.1) is 10.2 Å². The summed E-state index contributed by atoms with van der Waals surface area (Å²) in [6.45, 7) is 9.34. The molecule has 0 amide bonds. The predicted octanol–water partition coefficient (Wildman–Crippen LogP) is 3.34. The quantitative estimate of drug-likeness (QED) is 0.877. The van der Waals surface area contributed by atoms with Gasteiger partial charge in [0.05, 0.1) is 12.5 Å². The van der Waals surface area contributed by atoms with Gasteiger partial charge < -0.3 is 9.73 Å². The lowest BCUT2D eigenvalue weighted by atomic mass is 10.0. The molecule has 20 heavy (non-hydrogen) atoms. The van der Waals surface area contributed by atoms with Crippen LogP contribution < -0.4 is 5.32 Å². The summed E-state index contributed by atoms with van der Waals surface area (Å²) in [6, 6.07) is 6.54. The second-order valence-electron chi connectivity index (χ2n) is 5.32. The first-order chi connectivity index (χ1) is 9.60. The van der Waals surface area contributed by atoms with E-state index in [2.05, 4.69) is 54.5 Å². The Morgan fingerprint density at radius 1 is 1.25 bits per heavy atom.